The number of carbonyl (C=O) groups is 2. The van der Waals surface area contributed by atoms with Crippen molar-refractivity contribution in [1.29, 1.82) is 0 Å². The SMILES string of the molecule is CC(=O)Nc1nc(CCc2ccc(CCN(N)C(N)=O)cc2)cs1. The first-order valence-corrected chi connectivity index (χ1v) is 8.43. The zero-order valence-electron chi connectivity index (χ0n) is 13.5. The quantitative estimate of drug-likeness (QED) is 0.401. The fourth-order valence-electron chi connectivity index (χ4n) is 2.13. The number of carbonyl (C=O) groups excluding carboxylic acids is 2. The Morgan fingerprint density at radius 3 is 2.38 bits per heavy atom. The second-order valence-corrected chi connectivity index (χ2v) is 6.28. The van der Waals surface area contributed by atoms with Crippen LogP contribution in [0.1, 0.15) is 23.7 Å². The number of aromatic nitrogens is 1. The lowest BCUT2D eigenvalue weighted by molar-refractivity contribution is -0.114. The molecule has 1 aromatic carbocycles. The van der Waals surface area contributed by atoms with Crippen LogP contribution in [0.5, 0.6) is 0 Å². The minimum atomic E-state index is -0.631. The van der Waals surface area contributed by atoms with Crippen molar-refractivity contribution in [2.24, 2.45) is 11.6 Å². The molecule has 8 heteroatoms. The Morgan fingerprint density at radius 1 is 1.17 bits per heavy atom. The number of anilines is 1. The number of hydrogen-bond acceptors (Lipinski definition) is 5. The normalized spacial score (nSPS) is 10.4. The summed E-state index contributed by atoms with van der Waals surface area (Å²) in [6, 6.07) is 7.53. The van der Waals surface area contributed by atoms with Crippen molar-refractivity contribution in [1.82, 2.24) is 9.99 Å². The van der Waals surface area contributed by atoms with Gasteiger partial charge in [-0.1, -0.05) is 24.3 Å². The highest BCUT2D eigenvalue weighted by Crippen LogP contribution is 2.17. The summed E-state index contributed by atoms with van der Waals surface area (Å²) in [5, 5.41) is 6.28. The molecular weight excluding hydrogens is 326 g/mol. The second kappa shape index (κ2) is 8.42. The number of thiazole rings is 1. The Kier molecular flexibility index (Phi) is 6.28. The van der Waals surface area contributed by atoms with Crippen molar-refractivity contribution in [3.8, 4) is 0 Å². The number of primary amides is 1. The van der Waals surface area contributed by atoms with Crippen molar-refractivity contribution in [3.63, 3.8) is 0 Å². The van der Waals surface area contributed by atoms with E-state index < -0.39 is 6.03 Å². The molecule has 0 aliphatic heterocycles. The van der Waals surface area contributed by atoms with E-state index in [0.29, 0.717) is 18.1 Å². The van der Waals surface area contributed by atoms with E-state index in [-0.39, 0.29) is 5.91 Å². The predicted molar refractivity (Wildman–Crippen MR) is 94.4 cm³/mol. The van der Waals surface area contributed by atoms with E-state index in [4.69, 9.17) is 11.6 Å². The molecule has 0 aliphatic rings. The van der Waals surface area contributed by atoms with E-state index in [1.807, 2.05) is 17.5 Å². The smallest absolute Gasteiger partial charge is 0.328 e. The molecule has 0 radical (unpaired) electrons. The number of nitrogens with two attached hydrogens (primary N) is 2. The van der Waals surface area contributed by atoms with Crippen molar-refractivity contribution in [3.05, 3.63) is 46.5 Å². The molecule has 0 saturated heterocycles. The number of nitrogens with zero attached hydrogens (tertiary/aromatic N) is 2. The molecule has 7 nitrogen and oxygen atoms in total. The van der Waals surface area contributed by atoms with Gasteiger partial charge in [0.05, 0.1) is 5.69 Å². The van der Waals surface area contributed by atoms with Crippen molar-refractivity contribution >= 4 is 28.4 Å². The van der Waals surface area contributed by atoms with E-state index in [0.717, 1.165) is 29.1 Å². The minimum Gasteiger partial charge on any atom is -0.350 e. The first kappa shape index (κ1) is 17.9. The summed E-state index contributed by atoms with van der Waals surface area (Å²) in [5.41, 5.74) is 8.34. The number of urea groups is 1. The molecular formula is C16H21N5O2S. The van der Waals surface area contributed by atoms with Crippen LogP contribution in [0, 0.1) is 0 Å². The van der Waals surface area contributed by atoms with Crippen LogP contribution in [0.15, 0.2) is 29.6 Å². The summed E-state index contributed by atoms with van der Waals surface area (Å²) in [5.74, 6) is 5.35. The maximum Gasteiger partial charge on any atom is 0.328 e. The fraction of sp³-hybridized carbons (Fsp3) is 0.312. The van der Waals surface area contributed by atoms with Crippen LogP contribution in [0.3, 0.4) is 0 Å². The molecule has 5 N–H and O–H groups in total. The van der Waals surface area contributed by atoms with Crippen molar-refractivity contribution < 1.29 is 9.59 Å². The highest BCUT2D eigenvalue weighted by Gasteiger charge is 2.05. The molecule has 3 amide bonds. The van der Waals surface area contributed by atoms with Crippen LogP contribution in [-0.2, 0) is 24.1 Å². The van der Waals surface area contributed by atoms with Crippen LogP contribution >= 0.6 is 11.3 Å². The topological polar surface area (TPSA) is 114 Å². The van der Waals surface area contributed by atoms with E-state index in [1.54, 1.807) is 0 Å². The first-order chi connectivity index (χ1) is 11.4. The van der Waals surface area contributed by atoms with Gasteiger partial charge in [-0.2, -0.15) is 0 Å². The number of rotatable bonds is 7. The Labute approximate surface area is 144 Å². The Morgan fingerprint density at radius 2 is 1.79 bits per heavy atom. The summed E-state index contributed by atoms with van der Waals surface area (Å²) >= 11 is 1.43. The third-order valence-corrected chi connectivity index (χ3v) is 4.26. The maximum atomic E-state index is 11.0. The van der Waals surface area contributed by atoms with E-state index in [2.05, 4.69) is 22.4 Å². The lowest BCUT2D eigenvalue weighted by atomic mass is 10.0. The molecule has 0 fully saturated rings. The Balaban J connectivity index is 1.82. The van der Waals surface area contributed by atoms with Gasteiger partial charge in [0.1, 0.15) is 0 Å². The van der Waals surface area contributed by atoms with Gasteiger partial charge in [-0.25, -0.2) is 15.6 Å². The molecule has 0 unspecified atom stereocenters. The van der Waals surface area contributed by atoms with Gasteiger partial charge in [-0.3, -0.25) is 9.80 Å². The maximum absolute atomic E-state index is 11.0. The molecule has 0 spiro atoms. The van der Waals surface area contributed by atoms with Crippen LogP contribution < -0.4 is 16.9 Å². The highest BCUT2D eigenvalue weighted by atomic mass is 32.1. The predicted octanol–water partition coefficient (Wildman–Crippen LogP) is 1.68. The summed E-state index contributed by atoms with van der Waals surface area (Å²) in [4.78, 5) is 26.2. The minimum absolute atomic E-state index is 0.112. The van der Waals surface area contributed by atoms with Crippen LogP contribution in [-0.4, -0.2) is 28.5 Å². The van der Waals surface area contributed by atoms with Crippen LogP contribution in [0.2, 0.25) is 0 Å². The second-order valence-electron chi connectivity index (χ2n) is 5.42. The molecule has 0 atom stereocenters. The third-order valence-electron chi connectivity index (χ3n) is 3.45. The first-order valence-electron chi connectivity index (χ1n) is 7.55. The Bertz CT molecular complexity index is 699. The number of hydrazine groups is 1. The van der Waals surface area contributed by atoms with Crippen molar-refractivity contribution in [2.75, 3.05) is 11.9 Å². The van der Waals surface area contributed by atoms with Gasteiger partial charge in [0.25, 0.3) is 0 Å². The summed E-state index contributed by atoms with van der Waals surface area (Å²) in [7, 11) is 0. The molecule has 24 heavy (non-hydrogen) atoms. The summed E-state index contributed by atoms with van der Waals surface area (Å²) in [6.07, 6.45) is 2.34. The average Bonchev–Trinajstić information content (AvgIpc) is 2.98. The third kappa shape index (κ3) is 5.64. The van der Waals surface area contributed by atoms with Gasteiger partial charge in [-0.15, -0.1) is 11.3 Å². The summed E-state index contributed by atoms with van der Waals surface area (Å²) < 4.78 is 0. The average molecular weight is 347 g/mol. The monoisotopic (exact) mass is 347 g/mol. The fourth-order valence-corrected chi connectivity index (χ4v) is 2.93. The molecule has 0 aliphatic carbocycles. The zero-order chi connectivity index (χ0) is 17.5. The molecule has 128 valence electrons. The molecule has 2 aromatic rings. The van der Waals surface area contributed by atoms with Gasteiger partial charge < -0.3 is 11.1 Å². The van der Waals surface area contributed by atoms with Gasteiger partial charge in [0, 0.05) is 18.8 Å². The number of benzene rings is 1. The lowest BCUT2D eigenvalue weighted by Crippen LogP contribution is -2.42. The molecule has 0 bridgehead atoms. The standard InChI is InChI=1S/C16H21N5O2S/c1-11(22)19-16-20-14(10-24-16)7-6-12-2-4-13(5-3-12)8-9-21(18)15(17)23/h2-5,10H,6-9,18H2,1H3,(H2,17,23)(H,19,20,22). The Hall–Kier alpha value is -2.45. The number of aryl methyl sites for hydroxylation is 2. The van der Waals surface area contributed by atoms with Crippen molar-refractivity contribution in [2.45, 2.75) is 26.2 Å². The zero-order valence-corrected chi connectivity index (χ0v) is 14.3. The van der Waals surface area contributed by atoms with E-state index in [1.165, 1.54) is 23.8 Å². The molecule has 2 rings (SSSR count). The van der Waals surface area contributed by atoms with Gasteiger partial charge in [0.15, 0.2) is 5.13 Å². The van der Waals surface area contributed by atoms with Crippen LogP contribution in [0.25, 0.3) is 0 Å². The largest absolute Gasteiger partial charge is 0.350 e. The summed E-state index contributed by atoms with van der Waals surface area (Å²) in [6.45, 7) is 1.86. The lowest BCUT2D eigenvalue weighted by Gasteiger charge is -2.13. The number of amides is 3. The molecule has 0 saturated carbocycles. The number of hydrogen-bond donors (Lipinski definition) is 3. The van der Waals surface area contributed by atoms with Gasteiger partial charge in [-0.05, 0) is 30.4 Å². The number of nitrogens with one attached hydrogen (secondary N) is 1. The van der Waals surface area contributed by atoms with E-state index >= 15 is 0 Å². The highest BCUT2D eigenvalue weighted by molar-refractivity contribution is 7.13. The van der Waals surface area contributed by atoms with E-state index in [9.17, 15) is 9.59 Å². The van der Waals surface area contributed by atoms with Gasteiger partial charge in [0.2, 0.25) is 5.91 Å². The molecule has 1 heterocycles. The molecule has 1 aromatic heterocycles. The van der Waals surface area contributed by atoms with Crippen LogP contribution in [0.4, 0.5) is 9.93 Å². The van der Waals surface area contributed by atoms with Gasteiger partial charge >= 0.3 is 6.03 Å².